The summed E-state index contributed by atoms with van der Waals surface area (Å²) < 4.78 is 1.70. The van der Waals surface area contributed by atoms with Gasteiger partial charge in [0.25, 0.3) is 5.91 Å². The summed E-state index contributed by atoms with van der Waals surface area (Å²) in [6.45, 7) is 3.78. The van der Waals surface area contributed by atoms with E-state index in [1.165, 1.54) is 17.4 Å². The van der Waals surface area contributed by atoms with Crippen molar-refractivity contribution in [1.82, 2.24) is 25.1 Å². The highest BCUT2D eigenvalue weighted by molar-refractivity contribution is 7.80. The van der Waals surface area contributed by atoms with Crippen molar-refractivity contribution in [2.24, 2.45) is 0 Å². The molecule has 0 unspecified atom stereocenters. The van der Waals surface area contributed by atoms with Crippen LogP contribution in [-0.2, 0) is 0 Å². The molecule has 11 heteroatoms. The summed E-state index contributed by atoms with van der Waals surface area (Å²) in [4.78, 5) is 13.2. The Morgan fingerprint density at radius 3 is 2.70 bits per heavy atom. The summed E-state index contributed by atoms with van der Waals surface area (Å²) in [5.74, 6) is 0.277. The predicted octanol–water partition coefficient (Wildman–Crippen LogP) is 4.90. The minimum atomic E-state index is -0.446. The number of anilines is 1. The highest BCUT2D eigenvalue weighted by atomic mass is 35.5. The van der Waals surface area contributed by atoms with Crippen molar-refractivity contribution in [3.05, 3.63) is 63.4 Å². The fourth-order valence-corrected chi connectivity index (χ4v) is 4.18. The highest BCUT2D eigenvalue weighted by Gasteiger charge is 2.15. The number of benzene rings is 2. The van der Waals surface area contributed by atoms with Crippen molar-refractivity contribution in [2.45, 2.75) is 13.8 Å². The Kier molecular flexibility index (Phi) is 5.70. The summed E-state index contributed by atoms with van der Waals surface area (Å²) in [6.07, 6.45) is 0. The van der Waals surface area contributed by atoms with Gasteiger partial charge in [-0.05, 0) is 55.9 Å². The van der Waals surface area contributed by atoms with Crippen LogP contribution in [-0.4, -0.2) is 30.8 Å². The average molecular weight is 477 g/mol. The van der Waals surface area contributed by atoms with E-state index in [4.69, 9.17) is 35.4 Å². The molecule has 1 amide bonds. The molecular formula is C19H14Cl2N6OS2. The van der Waals surface area contributed by atoms with E-state index in [2.05, 4.69) is 25.9 Å². The van der Waals surface area contributed by atoms with Crippen molar-refractivity contribution >= 4 is 68.4 Å². The van der Waals surface area contributed by atoms with Crippen LogP contribution >= 0.6 is 46.8 Å². The van der Waals surface area contributed by atoms with Gasteiger partial charge in [-0.2, -0.15) is 9.61 Å². The molecule has 152 valence electrons. The maximum atomic E-state index is 12.5. The average Bonchev–Trinajstić information content (AvgIpc) is 3.27. The summed E-state index contributed by atoms with van der Waals surface area (Å²) in [5.41, 5.74) is 2.84. The molecule has 7 nitrogen and oxygen atoms in total. The number of carbonyl (C=O) groups excluding carboxylic acids is 1. The topological polar surface area (TPSA) is 84.2 Å². The molecule has 0 saturated heterocycles. The SMILES string of the molecule is Cc1ccc(-c2nn3c(C)nnc3s2)cc1NC(=S)NC(=O)c1cc(Cl)ccc1Cl. The summed E-state index contributed by atoms with van der Waals surface area (Å²) >= 11 is 18.8. The molecule has 0 aliphatic heterocycles. The molecule has 0 saturated carbocycles. The number of aromatic nitrogens is 4. The van der Waals surface area contributed by atoms with Crippen LogP contribution in [0.25, 0.3) is 15.5 Å². The van der Waals surface area contributed by atoms with Gasteiger partial charge < -0.3 is 5.32 Å². The van der Waals surface area contributed by atoms with Gasteiger partial charge in [-0.1, -0.05) is 46.7 Å². The largest absolute Gasteiger partial charge is 0.332 e. The van der Waals surface area contributed by atoms with Crippen molar-refractivity contribution in [2.75, 3.05) is 5.32 Å². The van der Waals surface area contributed by atoms with Crippen molar-refractivity contribution in [3.8, 4) is 10.6 Å². The van der Waals surface area contributed by atoms with Crippen molar-refractivity contribution in [3.63, 3.8) is 0 Å². The molecule has 2 aromatic carbocycles. The van der Waals surface area contributed by atoms with Gasteiger partial charge in [0.15, 0.2) is 10.9 Å². The Morgan fingerprint density at radius 2 is 1.93 bits per heavy atom. The lowest BCUT2D eigenvalue weighted by Crippen LogP contribution is -2.34. The van der Waals surface area contributed by atoms with Crippen LogP contribution in [0, 0.1) is 13.8 Å². The zero-order chi connectivity index (χ0) is 21.4. The van der Waals surface area contributed by atoms with E-state index in [9.17, 15) is 4.79 Å². The number of carbonyl (C=O) groups is 1. The third-order valence-corrected chi connectivity index (χ3v) is 6.00. The molecule has 2 aromatic heterocycles. The zero-order valence-electron chi connectivity index (χ0n) is 15.7. The molecule has 2 heterocycles. The predicted molar refractivity (Wildman–Crippen MR) is 124 cm³/mol. The van der Waals surface area contributed by atoms with Gasteiger partial charge in [-0.3, -0.25) is 10.1 Å². The smallest absolute Gasteiger partial charge is 0.258 e. The number of hydrogen-bond acceptors (Lipinski definition) is 6. The van der Waals surface area contributed by atoms with Crippen molar-refractivity contribution < 1.29 is 4.79 Å². The number of rotatable bonds is 3. The molecule has 0 aliphatic carbocycles. The van der Waals surface area contributed by atoms with Gasteiger partial charge in [0, 0.05) is 16.3 Å². The quantitative estimate of drug-likeness (QED) is 0.409. The number of aryl methyl sites for hydroxylation is 2. The standard InChI is InChI=1S/C19H14Cl2N6OS2/c1-9-3-4-11(17-26-27-10(2)24-25-19(27)30-17)7-15(9)22-18(29)23-16(28)13-8-12(20)5-6-14(13)21/h3-8H,1-2H3,(H2,22,23,28,29). The van der Waals surface area contributed by atoms with Crippen LogP contribution in [0.3, 0.4) is 0 Å². The van der Waals surface area contributed by atoms with Crippen molar-refractivity contribution in [1.29, 1.82) is 0 Å². The minimum absolute atomic E-state index is 0.144. The monoisotopic (exact) mass is 476 g/mol. The normalized spacial score (nSPS) is 10.9. The van der Waals surface area contributed by atoms with Crippen LogP contribution < -0.4 is 10.6 Å². The van der Waals surface area contributed by atoms with Gasteiger partial charge in [-0.25, -0.2) is 0 Å². The Balaban J connectivity index is 1.54. The first kappa shape index (κ1) is 20.7. The lowest BCUT2D eigenvalue weighted by atomic mass is 10.1. The molecule has 0 aliphatic rings. The van der Waals surface area contributed by atoms with Gasteiger partial charge in [-0.15, -0.1) is 10.2 Å². The van der Waals surface area contributed by atoms with E-state index in [0.29, 0.717) is 5.02 Å². The van der Waals surface area contributed by atoms with E-state index >= 15 is 0 Å². The molecule has 30 heavy (non-hydrogen) atoms. The summed E-state index contributed by atoms with van der Waals surface area (Å²) in [6, 6.07) is 10.5. The van der Waals surface area contributed by atoms with Gasteiger partial charge in [0.2, 0.25) is 4.96 Å². The van der Waals surface area contributed by atoms with Gasteiger partial charge >= 0.3 is 0 Å². The Morgan fingerprint density at radius 1 is 1.13 bits per heavy atom. The molecule has 0 radical (unpaired) electrons. The Bertz CT molecular complexity index is 1300. The molecule has 0 atom stereocenters. The highest BCUT2D eigenvalue weighted by Crippen LogP contribution is 2.29. The van der Waals surface area contributed by atoms with Crippen LogP contribution in [0.5, 0.6) is 0 Å². The molecular weight excluding hydrogens is 463 g/mol. The second-order valence-electron chi connectivity index (χ2n) is 6.41. The fraction of sp³-hybridized carbons (Fsp3) is 0.105. The number of nitrogens with one attached hydrogen (secondary N) is 2. The second kappa shape index (κ2) is 8.27. The van der Waals surface area contributed by atoms with Crippen LogP contribution in [0.15, 0.2) is 36.4 Å². The van der Waals surface area contributed by atoms with Crippen LogP contribution in [0.4, 0.5) is 5.69 Å². The molecule has 0 fully saturated rings. The molecule has 0 bridgehead atoms. The number of halogens is 2. The zero-order valence-corrected chi connectivity index (χ0v) is 18.9. The lowest BCUT2D eigenvalue weighted by Gasteiger charge is -2.13. The molecule has 0 spiro atoms. The maximum Gasteiger partial charge on any atom is 0.258 e. The number of fused-ring (bicyclic) bond motifs is 1. The Labute approximate surface area is 191 Å². The second-order valence-corrected chi connectivity index (χ2v) is 8.62. The number of hydrogen-bond donors (Lipinski definition) is 2. The number of amides is 1. The fourth-order valence-electron chi connectivity index (χ4n) is 2.72. The maximum absolute atomic E-state index is 12.5. The van der Waals surface area contributed by atoms with E-state index in [-0.39, 0.29) is 15.7 Å². The van der Waals surface area contributed by atoms with Crippen LogP contribution in [0.1, 0.15) is 21.7 Å². The van der Waals surface area contributed by atoms with Crippen LogP contribution in [0.2, 0.25) is 10.0 Å². The number of thiocarbonyl (C=S) groups is 1. The third kappa shape index (κ3) is 4.15. The minimum Gasteiger partial charge on any atom is -0.332 e. The molecule has 4 rings (SSSR count). The van der Waals surface area contributed by atoms with E-state index in [0.717, 1.165) is 32.6 Å². The summed E-state index contributed by atoms with van der Waals surface area (Å²) in [7, 11) is 0. The summed E-state index contributed by atoms with van der Waals surface area (Å²) in [5, 5.41) is 20.0. The van der Waals surface area contributed by atoms with E-state index in [1.807, 2.05) is 32.0 Å². The first-order chi connectivity index (χ1) is 14.3. The third-order valence-electron chi connectivity index (χ3n) is 4.28. The van der Waals surface area contributed by atoms with Gasteiger partial charge in [0.1, 0.15) is 5.01 Å². The Hall–Kier alpha value is -2.59. The van der Waals surface area contributed by atoms with E-state index in [1.54, 1.807) is 16.6 Å². The first-order valence-electron chi connectivity index (χ1n) is 8.69. The molecule has 4 aromatic rings. The van der Waals surface area contributed by atoms with E-state index < -0.39 is 5.91 Å². The first-order valence-corrected chi connectivity index (χ1v) is 10.7. The molecule has 2 N–H and O–H groups in total. The lowest BCUT2D eigenvalue weighted by molar-refractivity contribution is 0.0978. The number of nitrogens with zero attached hydrogens (tertiary/aromatic N) is 4. The van der Waals surface area contributed by atoms with Gasteiger partial charge in [0.05, 0.1) is 10.6 Å².